The maximum atomic E-state index is 6.74. The van der Waals surface area contributed by atoms with Crippen molar-refractivity contribution in [1.82, 2.24) is 10.3 Å². The number of nitrogens with one attached hydrogen (secondary N) is 1. The lowest BCUT2D eigenvalue weighted by atomic mass is 9.75. The molecule has 0 spiro atoms. The van der Waals surface area contributed by atoms with E-state index in [1.807, 2.05) is 30.5 Å². The fourth-order valence-electron chi connectivity index (χ4n) is 6.38. The topological polar surface area (TPSA) is 61.8 Å². The lowest BCUT2D eigenvalue weighted by molar-refractivity contribution is -0.0453. The molecular formula is C39H42N2O4. The lowest BCUT2D eigenvalue weighted by Gasteiger charge is -2.42. The molecule has 0 bridgehead atoms. The van der Waals surface area contributed by atoms with Gasteiger partial charge in [-0.05, 0) is 50.7 Å². The molecule has 4 atom stereocenters. The fraction of sp³-hybridized carbons (Fsp3) is 0.308. The molecule has 4 unspecified atom stereocenters. The number of methoxy groups -OCH3 is 1. The largest absolute Gasteiger partial charge is 0.376 e. The number of fused-ring (bicyclic) bond motifs is 1. The second-order valence-electron chi connectivity index (χ2n) is 11.7. The van der Waals surface area contributed by atoms with E-state index in [2.05, 4.69) is 95.2 Å². The second kappa shape index (κ2) is 15.9. The van der Waals surface area contributed by atoms with Gasteiger partial charge in [-0.25, -0.2) is 0 Å². The van der Waals surface area contributed by atoms with Gasteiger partial charge >= 0.3 is 0 Å². The minimum atomic E-state index is -0.123. The van der Waals surface area contributed by atoms with Gasteiger partial charge in [0.2, 0.25) is 0 Å². The van der Waals surface area contributed by atoms with Crippen LogP contribution >= 0.6 is 0 Å². The molecular weight excluding hydrogens is 560 g/mol. The Balaban J connectivity index is 1.14. The van der Waals surface area contributed by atoms with Gasteiger partial charge < -0.3 is 24.3 Å². The van der Waals surface area contributed by atoms with E-state index in [0.717, 1.165) is 24.2 Å². The van der Waals surface area contributed by atoms with Crippen LogP contribution in [0.25, 0.3) is 10.8 Å². The standard InChI is InChI=1S/C39H42N2O4/c1-42-39(35-12-7-19-40-23-35)36-24-41-25-37(45-28-31-15-16-32-10-5-6-11-34(32)22-31)38(36)33-17-13-30(14-18-33)27-44-21-20-43-26-29-8-3-2-4-9-29/h2-19,22-23,36-39,41H,20-21,24-28H2,1H3. The SMILES string of the molecule is COC(c1cccnc1)C1CNCC(OCc2ccc3ccccc3c2)C1c1ccc(COCCOCc2ccccc2)cc1. The molecule has 1 saturated heterocycles. The molecule has 2 heterocycles. The summed E-state index contributed by atoms with van der Waals surface area (Å²) in [5.41, 5.74) is 5.79. The lowest BCUT2D eigenvalue weighted by Crippen LogP contribution is -2.49. The van der Waals surface area contributed by atoms with Gasteiger partial charge in [0.1, 0.15) is 0 Å². The molecule has 45 heavy (non-hydrogen) atoms. The highest BCUT2D eigenvalue weighted by Crippen LogP contribution is 2.41. The highest BCUT2D eigenvalue weighted by atomic mass is 16.5. The summed E-state index contributed by atoms with van der Waals surface area (Å²) in [7, 11) is 1.79. The number of aromatic nitrogens is 1. The smallest absolute Gasteiger partial charge is 0.0883 e. The molecule has 1 aliphatic heterocycles. The monoisotopic (exact) mass is 602 g/mol. The van der Waals surface area contributed by atoms with Crippen LogP contribution in [0.1, 0.15) is 39.8 Å². The van der Waals surface area contributed by atoms with E-state index in [0.29, 0.717) is 33.0 Å². The average molecular weight is 603 g/mol. The van der Waals surface area contributed by atoms with Crippen molar-refractivity contribution < 1.29 is 18.9 Å². The van der Waals surface area contributed by atoms with E-state index in [9.17, 15) is 0 Å². The molecule has 1 N–H and O–H groups in total. The Labute approximate surface area is 266 Å². The van der Waals surface area contributed by atoms with Gasteiger partial charge in [-0.15, -0.1) is 0 Å². The van der Waals surface area contributed by atoms with E-state index in [-0.39, 0.29) is 24.0 Å². The van der Waals surface area contributed by atoms with E-state index in [4.69, 9.17) is 18.9 Å². The summed E-state index contributed by atoms with van der Waals surface area (Å²) in [6.45, 7) is 4.39. The zero-order valence-corrected chi connectivity index (χ0v) is 25.9. The first-order chi connectivity index (χ1) is 22.3. The molecule has 1 aliphatic rings. The molecule has 6 nitrogen and oxygen atoms in total. The van der Waals surface area contributed by atoms with Crippen molar-refractivity contribution in [3.05, 3.63) is 149 Å². The van der Waals surface area contributed by atoms with Crippen molar-refractivity contribution in [2.75, 3.05) is 33.4 Å². The number of ether oxygens (including phenoxy) is 4. The van der Waals surface area contributed by atoms with Crippen LogP contribution in [-0.4, -0.2) is 44.5 Å². The number of hydrogen-bond donors (Lipinski definition) is 1. The molecule has 6 heteroatoms. The van der Waals surface area contributed by atoms with Crippen molar-refractivity contribution in [2.24, 2.45) is 5.92 Å². The number of pyridine rings is 1. The second-order valence-corrected chi connectivity index (χ2v) is 11.7. The molecule has 232 valence electrons. The first-order valence-electron chi connectivity index (χ1n) is 15.8. The molecule has 6 rings (SSSR count). The van der Waals surface area contributed by atoms with Gasteiger partial charge in [0.15, 0.2) is 0 Å². The molecule has 5 aromatic rings. The van der Waals surface area contributed by atoms with Crippen LogP contribution in [-0.2, 0) is 38.8 Å². The van der Waals surface area contributed by atoms with Gasteiger partial charge in [-0.3, -0.25) is 4.98 Å². The zero-order chi connectivity index (χ0) is 30.7. The maximum absolute atomic E-state index is 6.74. The van der Waals surface area contributed by atoms with E-state index >= 15 is 0 Å². The Kier molecular flexibility index (Phi) is 11.0. The average Bonchev–Trinajstić information content (AvgIpc) is 3.10. The van der Waals surface area contributed by atoms with Gasteiger partial charge in [-0.2, -0.15) is 0 Å². The number of benzene rings is 4. The Morgan fingerprint density at radius 2 is 1.42 bits per heavy atom. The van der Waals surface area contributed by atoms with Gasteiger partial charge in [-0.1, -0.05) is 97.1 Å². The number of rotatable bonds is 14. The number of piperidine rings is 1. The summed E-state index contributed by atoms with van der Waals surface area (Å²) in [5.74, 6) is 0.275. The molecule has 4 aromatic carbocycles. The summed E-state index contributed by atoms with van der Waals surface area (Å²) < 4.78 is 24.6. The van der Waals surface area contributed by atoms with Crippen LogP contribution in [0.4, 0.5) is 0 Å². The normalized spacial score (nSPS) is 19.0. The van der Waals surface area contributed by atoms with Crippen LogP contribution in [0.3, 0.4) is 0 Å². The van der Waals surface area contributed by atoms with Crippen molar-refractivity contribution in [2.45, 2.75) is 37.9 Å². The first kappa shape index (κ1) is 31.1. The minimum Gasteiger partial charge on any atom is -0.376 e. The van der Waals surface area contributed by atoms with Crippen molar-refractivity contribution in [3.63, 3.8) is 0 Å². The molecule has 0 saturated carbocycles. The quantitative estimate of drug-likeness (QED) is 0.135. The molecule has 0 radical (unpaired) electrons. The van der Waals surface area contributed by atoms with Crippen LogP contribution < -0.4 is 5.32 Å². The van der Waals surface area contributed by atoms with Gasteiger partial charge in [0, 0.05) is 44.4 Å². The molecule has 1 fully saturated rings. The van der Waals surface area contributed by atoms with Gasteiger partial charge in [0.05, 0.1) is 45.2 Å². The summed E-state index contributed by atoms with van der Waals surface area (Å²) in [4.78, 5) is 4.39. The first-order valence-corrected chi connectivity index (χ1v) is 15.8. The summed E-state index contributed by atoms with van der Waals surface area (Å²) in [6.07, 6.45) is 3.56. The molecule has 0 amide bonds. The minimum absolute atomic E-state index is 0.0339. The zero-order valence-electron chi connectivity index (χ0n) is 25.9. The van der Waals surface area contributed by atoms with Crippen molar-refractivity contribution in [1.29, 1.82) is 0 Å². The highest BCUT2D eigenvalue weighted by Gasteiger charge is 2.40. The van der Waals surface area contributed by atoms with Crippen LogP contribution in [0, 0.1) is 5.92 Å². The summed E-state index contributed by atoms with van der Waals surface area (Å²) >= 11 is 0. The third-order valence-electron chi connectivity index (χ3n) is 8.64. The maximum Gasteiger partial charge on any atom is 0.0883 e. The van der Waals surface area contributed by atoms with E-state index in [1.165, 1.54) is 27.5 Å². The highest BCUT2D eigenvalue weighted by molar-refractivity contribution is 5.82. The molecule has 1 aromatic heterocycles. The predicted molar refractivity (Wildman–Crippen MR) is 178 cm³/mol. The number of nitrogens with zero attached hydrogens (tertiary/aromatic N) is 1. The third kappa shape index (κ3) is 8.23. The molecule has 0 aliphatic carbocycles. The summed E-state index contributed by atoms with van der Waals surface area (Å²) in [6, 6.07) is 38.1. The van der Waals surface area contributed by atoms with Crippen LogP contribution in [0.15, 0.2) is 122 Å². The Morgan fingerprint density at radius 1 is 0.711 bits per heavy atom. The Bertz CT molecular complexity index is 1600. The van der Waals surface area contributed by atoms with E-state index < -0.39 is 0 Å². The van der Waals surface area contributed by atoms with Crippen molar-refractivity contribution >= 4 is 10.8 Å². The van der Waals surface area contributed by atoms with E-state index in [1.54, 1.807) is 13.3 Å². The Morgan fingerprint density at radius 3 is 2.16 bits per heavy atom. The van der Waals surface area contributed by atoms with Crippen LogP contribution in [0.5, 0.6) is 0 Å². The predicted octanol–water partition coefficient (Wildman–Crippen LogP) is 7.24. The third-order valence-corrected chi connectivity index (χ3v) is 8.64. The summed E-state index contributed by atoms with van der Waals surface area (Å²) in [5, 5.41) is 6.11. The van der Waals surface area contributed by atoms with Crippen molar-refractivity contribution in [3.8, 4) is 0 Å². The Hall–Kier alpha value is -3.91. The van der Waals surface area contributed by atoms with Crippen LogP contribution in [0.2, 0.25) is 0 Å². The van der Waals surface area contributed by atoms with Gasteiger partial charge in [0.25, 0.3) is 0 Å². The number of hydrogen-bond acceptors (Lipinski definition) is 6. The fourth-order valence-corrected chi connectivity index (χ4v) is 6.38.